The zero-order valence-electron chi connectivity index (χ0n) is 32.2. The highest BCUT2D eigenvalue weighted by Crippen LogP contribution is 2.26. The summed E-state index contributed by atoms with van der Waals surface area (Å²) in [5, 5.41) is 54.8. The van der Waals surface area contributed by atoms with Crippen molar-refractivity contribution in [3.63, 3.8) is 0 Å². The highest BCUT2D eigenvalue weighted by molar-refractivity contribution is 7.80. The molecule has 1 fully saturated rings. The van der Waals surface area contributed by atoms with Gasteiger partial charge in [-0.1, -0.05) is 127 Å². The van der Waals surface area contributed by atoms with Crippen LogP contribution in [0, 0.1) is 0 Å². The van der Waals surface area contributed by atoms with Gasteiger partial charge >= 0.3 is 10.4 Å². The summed E-state index contributed by atoms with van der Waals surface area (Å²) >= 11 is 0. The molecule has 13 nitrogen and oxygen atoms in total. The van der Waals surface area contributed by atoms with Gasteiger partial charge in [-0.3, -0.25) is 9.35 Å². The van der Waals surface area contributed by atoms with Crippen LogP contribution in [0.25, 0.3) is 0 Å². The Labute approximate surface area is 318 Å². The molecule has 8 atom stereocenters. The summed E-state index contributed by atoms with van der Waals surface area (Å²) in [6.45, 7) is 3.09. The zero-order chi connectivity index (χ0) is 39.3. The maximum Gasteiger partial charge on any atom is 0.397 e. The number of aliphatic hydroxyl groups is 5. The predicted octanol–water partition coefficient (Wildman–Crippen LogP) is 5.35. The quantitative estimate of drug-likeness (QED) is 0.0262. The van der Waals surface area contributed by atoms with E-state index in [1.54, 1.807) is 6.08 Å². The van der Waals surface area contributed by atoms with Gasteiger partial charge in [-0.05, 0) is 51.4 Å². The van der Waals surface area contributed by atoms with Crippen molar-refractivity contribution in [3.05, 3.63) is 36.5 Å². The van der Waals surface area contributed by atoms with Crippen LogP contribution in [0.15, 0.2) is 36.5 Å². The van der Waals surface area contributed by atoms with Crippen LogP contribution in [0.4, 0.5) is 0 Å². The van der Waals surface area contributed by atoms with Crippen LogP contribution in [-0.4, -0.2) is 107 Å². The molecule has 7 N–H and O–H groups in total. The number of carbonyl (C=O) groups excluding carboxylic acids is 1. The van der Waals surface area contributed by atoms with Gasteiger partial charge in [0.1, 0.15) is 30.5 Å². The summed E-state index contributed by atoms with van der Waals surface area (Å²) in [7, 11) is -5.11. The minimum absolute atomic E-state index is 0.229. The van der Waals surface area contributed by atoms with Gasteiger partial charge in [0.25, 0.3) is 0 Å². The van der Waals surface area contributed by atoms with E-state index in [0.717, 1.165) is 77.0 Å². The van der Waals surface area contributed by atoms with E-state index in [9.17, 15) is 38.7 Å². The van der Waals surface area contributed by atoms with E-state index in [0.29, 0.717) is 12.8 Å². The second-order valence-electron chi connectivity index (χ2n) is 14.0. The number of rotatable bonds is 32. The molecule has 1 heterocycles. The van der Waals surface area contributed by atoms with E-state index in [1.165, 1.54) is 38.2 Å². The maximum absolute atomic E-state index is 13.0. The van der Waals surface area contributed by atoms with Crippen molar-refractivity contribution in [2.24, 2.45) is 0 Å². The highest BCUT2D eigenvalue weighted by Gasteiger charge is 2.48. The van der Waals surface area contributed by atoms with Crippen LogP contribution in [0.3, 0.4) is 0 Å². The molecule has 1 rings (SSSR count). The lowest BCUT2D eigenvalue weighted by Gasteiger charge is -2.41. The Hall–Kier alpha value is -1.72. The van der Waals surface area contributed by atoms with Crippen molar-refractivity contribution in [2.45, 2.75) is 191 Å². The third kappa shape index (κ3) is 23.7. The van der Waals surface area contributed by atoms with Crippen LogP contribution in [0.5, 0.6) is 0 Å². The molecule has 0 spiro atoms. The van der Waals surface area contributed by atoms with Crippen molar-refractivity contribution in [3.8, 4) is 0 Å². The van der Waals surface area contributed by atoms with Gasteiger partial charge in [0, 0.05) is 0 Å². The molecule has 0 saturated carbocycles. The van der Waals surface area contributed by atoms with E-state index in [2.05, 4.69) is 47.7 Å². The number of hydrogen-bond acceptors (Lipinski definition) is 11. The maximum atomic E-state index is 13.0. The van der Waals surface area contributed by atoms with Crippen LogP contribution in [0.2, 0.25) is 0 Å². The normalized spacial score (nSPS) is 22.9. The Morgan fingerprint density at radius 2 is 1.30 bits per heavy atom. The molecule has 0 radical (unpaired) electrons. The van der Waals surface area contributed by atoms with Crippen LogP contribution in [-0.2, 0) is 28.9 Å². The van der Waals surface area contributed by atoms with E-state index < -0.39 is 78.5 Å². The first-order valence-electron chi connectivity index (χ1n) is 20.0. The molecule has 14 heteroatoms. The monoisotopic (exact) mass is 777 g/mol. The zero-order valence-corrected chi connectivity index (χ0v) is 33.0. The van der Waals surface area contributed by atoms with Gasteiger partial charge in [0.05, 0.1) is 25.4 Å². The van der Waals surface area contributed by atoms with E-state index in [1.807, 2.05) is 0 Å². The Kier molecular flexibility index (Phi) is 28.4. The van der Waals surface area contributed by atoms with Crippen LogP contribution < -0.4 is 5.32 Å². The Bertz CT molecular complexity index is 1120. The lowest BCUT2D eigenvalue weighted by molar-refractivity contribution is -0.298. The fourth-order valence-corrected chi connectivity index (χ4v) is 6.53. The largest absolute Gasteiger partial charge is 0.397 e. The fourth-order valence-electron chi connectivity index (χ4n) is 6.02. The molecular formula is C39H71NO12S. The molecule has 0 aliphatic carbocycles. The second-order valence-corrected chi connectivity index (χ2v) is 15.1. The summed E-state index contributed by atoms with van der Waals surface area (Å²) in [5.74, 6) is -0.717. The van der Waals surface area contributed by atoms with Gasteiger partial charge in [-0.15, -0.1) is 0 Å². The Morgan fingerprint density at radius 1 is 0.774 bits per heavy atom. The summed E-state index contributed by atoms with van der Waals surface area (Å²) in [6, 6.07) is -1.12. The number of allylic oxidation sites excluding steroid dienone is 5. The van der Waals surface area contributed by atoms with Crippen LogP contribution >= 0.6 is 0 Å². The van der Waals surface area contributed by atoms with Gasteiger partial charge in [0.15, 0.2) is 6.29 Å². The first-order valence-corrected chi connectivity index (χ1v) is 21.3. The molecule has 310 valence electrons. The topological polar surface area (TPSA) is 212 Å². The number of nitrogens with one attached hydrogen (secondary N) is 1. The summed E-state index contributed by atoms with van der Waals surface area (Å²) in [5.41, 5.74) is 0. The molecule has 0 bridgehead atoms. The SMILES string of the molecule is CCCCC/C=C\C/C=C\CCCCCCCCC(O)C(=O)NC(COC1OC(CO)C(O)C(OS(=O)(=O)O)C1O)C(O)/C=C/CCCCCCCC. The third-order valence-electron chi connectivity index (χ3n) is 9.27. The van der Waals surface area contributed by atoms with Crippen molar-refractivity contribution < 1.29 is 57.0 Å². The first kappa shape index (κ1) is 49.3. The molecule has 0 aromatic rings. The van der Waals surface area contributed by atoms with Gasteiger partial charge in [-0.25, -0.2) is 4.18 Å². The average Bonchev–Trinajstić information content (AvgIpc) is 3.12. The molecule has 8 unspecified atom stereocenters. The van der Waals surface area contributed by atoms with Gasteiger partial charge in [-0.2, -0.15) is 8.42 Å². The first-order chi connectivity index (χ1) is 25.4. The number of unbranched alkanes of at least 4 members (excludes halogenated alkanes) is 15. The van der Waals surface area contributed by atoms with E-state index in [-0.39, 0.29) is 6.42 Å². The minimum atomic E-state index is -5.11. The van der Waals surface area contributed by atoms with Crippen LogP contribution in [0.1, 0.15) is 142 Å². The fraction of sp³-hybridized carbons (Fsp3) is 0.821. The Morgan fingerprint density at radius 3 is 1.89 bits per heavy atom. The molecule has 1 aliphatic rings. The van der Waals surface area contributed by atoms with Crippen molar-refractivity contribution in [1.82, 2.24) is 5.32 Å². The highest BCUT2D eigenvalue weighted by atomic mass is 32.3. The van der Waals surface area contributed by atoms with Crippen molar-refractivity contribution in [2.75, 3.05) is 13.2 Å². The molecule has 0 aromatic heterocycles. The lowest BCUT2D eigenvalue weighted by Crippen LogP contribution is -2.61. The number of hydrogen-bond donors (Lipinski definition) is 7. The second kappa shape index (κ2) is 30.5. The van der Waals surface area contributed by atoms with Crippen molar-refractivity contribution >= 4 is 16.3 Å². The molecule has 0 aromatic carbocycles. The minimum Gasteiger partial charge on any atom is -0.394 e. The number of amides is 1. The number of aliphatic hydroxyl groups excluding tert-OH is 5. The van der Waals surface area contributed by atoms with Gasteiger partial charge in [0.2, 0.25) is 5.91 Å². The lowest BCUT2D eigenvalue weighted by atomic mass is 9.99. The Balaban J connectivity index is 2.63. The summed E-state index contributed by atoms with van der Waals surface area (Å²) in [4.78, 5) is 13.0. The third-order valence-corrected chi connectivity index (χ3v) is 9.74. The van der Waals surface area contributed by atoms with Gasteiger partial charge < -0.3 is 40.3 Å². The summed E-state index contributed by atoms with van der Waals surface area (Å²) < 4.78 is 47.2. The predicted molar refractivity (Wildman–Crippen MR) is 205 cm³/mol. The molecule has 1 saturated heterocycles. The smallest absolute Gasteiger partial charge is 0.394 e. The molecular weight excluding hydrogens is 706 g/mol. The number of ether oxygens (including phenoxy) is 2. The molecule has 1 amide bonds. The van der Waals surface area contributed by atoms with E-state index in [4.69, 9.17) is 14.0 Å². The number of carbonyl (C=O) groups is 1. The molecule has 53 heavy (non-hydrogen) atoms. The standard InChI is InChI=1S/C39H71NO12S/c1-3-5-7-9-11-13-14-15-16-17-18-19-20-22-24-26-28-33(43)38(46)40-31(32(42)27-25-23-21-12-10-8-6-4-2)30-50-39-36(45)37(52-53(47,48)49)35(44)34(29-41)51-39/h11,13,15-16,25,27,31-37,39,41-45H,3-10,12,14,17-24,26,28-30H2,1-2H3,(H,40,46)(H,47,48,49)/b13-11-,16-15-,27-25+. The van der Waals surface area contributed by atoms with E-state index >= 15 is 0 Å². The van der Waals surface area contributed by atoms with Crippen molar-refractivity contribution in [1.29, 1.82) is 0 Å². The average molecular weight is 778 g/mol. The summed E-state index contributed by atoms with van der Waals surface area (Å²) in [6.07, 6.45) is 21.2. The molecule has 1 aliphatic heterocycles.